The fraction of sp³-hybridized carbons (Fsp3) is 0.368. The summed E-state index contributed by atoms with van der Waals surface area (Å²) in [5.74, 6) is 0.140. The third-order valence-electron chi connectivity index (χ3n) is 4.76. The Kier molecular flexibility index (Phi) is 5.86. The molecule has 0 spiro atoms. The molecule has 0 saturated carbocycles. The minimum absolute atomic E-state index is 0.0369. The van der Waals surface area contributed by atoms with Crippen molar-refractivity contribution < 1.29 is 13.2 Å². The summed E-state index contributed by atoms with van der Waals surface area (Å²) in [7, 11) is 0. The molecule has 2 atom stereocenters. The Labute approximate surface area is 170 Å². The van der Waals surface area contributed by atoms with Gasteiger partial charge in [0.25, 0.3) is 5.56 Å². The lowest BCUT2D eigenvalue weighted by Crippen LogP contribution is -2.22. The Hall–Kier alpha value is -1.87. The molecule has 0 bridgehead atoms. The van der Waals surface area contributed by atoms with Crippen molar-refractivity contribution in [1.29, 1.82) is 0 Å². The van der Waals surface area contributed by atoms with E-state index in [4.69, 9.17) is 0 Å². The lowest BCUT2D eigenvalue weighted by molar-refractivity contribution is -0.138. The summed E-state index contributed by atoms with van der Waals surface area (Å²) in [6, 6.07) is 5.42. The minimum Gasteiger partial charge on any atom is -0.298 e. The van der Waals surface area contributed by atoms with Crippen LogP contribution in [0.3, 0.4) is 0 Å². The monoisotopic (exact) mass is 474 g/mol. The number of H-pyrrole nitrogens is 2. The number of alkyl halides is 4. The topological polar surface area (TPSA) is 65.7 Å². The van der Waals surface area contributed by atoms with Crippen molar-refractivity contribution in [2.24, 2.45) is 5.92 Å². The van der Waals surface area contributed by atoms with Crippen molar-refractivity contribution in [2.75, 3.05) is 0 Å². The van der Waals surface area contributed by atoms with Gasteiger partial charge in [-0.2, -0.15) is 13.2 Å². The van der Waals surface area contributed by atoms with Gasteiger partial charge >= 0.3 is 11.9 Å². The summed E-state index contributed by atoms with van der Waals surface area (Å²) in [6.07, 6.45) is -3.92. The van der Waals surface area contributed by atoms with Gasteiger partial charge in [-0.1, -0.05) is 48.0 Å². The highest BCUT2D eigenvalue weighted by molar-refractivity contribution is 9.09. The van der Waals surface area contributed by atoms with E-state index < -0.39 is 23.0 Å². The predicted molar refractivity (Wildman–Crippen MR) is 109 cm³/mol. The van der Waals surface area contributed by atoms with Gasteiger partial charge in [0, 0.05) is 16.1 Å². The van der Waals surface area contributed by atoms with Gasteiger partial charge in [-0.15, -0.1) is 11.3 Å². The van der Waals surface area contributed by atoms with Crippen molar-refractivity contribution in [2.45, 2.75) is 37.7 Å². The van der Waals surface area contributed by atoms with Crippen LogP contribution in [0, 0.1) is 5.92 Å². The van der Waals surface area contributed by atoms with Crippen LogP contribution in [0.25, 0.3) is 10.2 Å². The van der Waals surface area contributed by atoms with Crippen LogP contribution in [0.5, 0.6) is 0 Å². The van der Waals surface area contributed by atoms with Gasteiger partial charge in [-0.05, 0) is 29.5 Å². The van der Waals surface area contributed by atoms with Crippen molar-refractivity contribution in [3.8, 4) is 0 Å². The zero-order chi connectivity index (χ0) is 20.6. The van der Waals surface area contributed by atoms with E-state index in [9.17, 15) is 22.8 Å². The van der Waals surface area contributed by atoms with Crippen molar-refractivity contribution in [3.63, 3.8) is 0 Å². The van der Waals surface area contributed by atoms with E-state index >= 15 is 0 Å². The molecule has 9 heteroatoms. The molecule has 2 N–H and O–H groups in total. The van der Waals surface area contributed by atoms with Crippen LogP contribution in [-0.2, 0) is 19.0 Å². The van der Waals surface area contributed by atoms with Gasteiger partial charge in [0.1, 0.15) is 4.83 Å². The second-order valence-electron chi connectivity index (χ2n) is 6.81. The number of aromatic nitrogens is 2. The van der Waals surface area contributed by atoms with Gasteiger partial charge in [0.05, 0.1) is 10.9 Å². The molecule has 0 aliphatic heterocycles. The van der Waals surface area contributed by atoms with Gasteiger partial charge in [-0.25, -0.2) is 4.79 Å². The number of thiophene rings is 1. The van der Waals surface area contributed by atoms with E-state index in [1.54, 1.807) is 6.07 Å². The SMILES string of the molecule is CC(Br)C(C)Cc1c(Cc2ccccc2C(F)(F)F)sc2[nH]c(=O)[nH]c(=O)c12. The van der Waals surface area contributed by atoms with Gasteiger partial charge in [0.2, 0.25) is 0 Å². The molecule has 0 aliphatic carbocycles. The van der Waals surface area contributed by atoms with Crippen molar-refractivity contribution in [1.82, 2.24) is 9.97 Å². The van der Waals surface area contributed by atoms with Gasteiger partial charge in [0.15, 0.2) is 0 Å². The molecule has 0 radical (unpaired) electrons. The van der Waals surface area contributed by atoms with Crippen molar-refractivity contribution >= 4 is 37.5 Å². The lowest BCUT2D eigenvalue weighted by atomic mass is 9.94. The van der Waals surface area contributed by atoms with E-state index in [0.29, 0.717) is 27.1 Å². The van der Waals surface area contributed by atoms with Gasteiger partial charge in [-0.3, -0.25) is 14.8 Å². The first-order chi connectivity index (χ1) is 13.1. The Bertz CT molecular complexity index is 1110. The van der Waals surface area contributed by atoms with E-state index in [-0.39, 0.29) is 22.7 Å². The molecule has 28 heavy (non-hydrogen) atoms. The summed E-state index contributed by atoms with van der Waals surface area (Å²) in [5.41, 5.74) is -1.01. The Morgan fingerprint density at radius 3 is 2.46 bits per heavy atom. The second kappa shape index (κ2) is 7.87. The number of hydrogen-bond acceptors (Lipinski definition) is 3. The van der Waals surface area contributed by atoms with E-state index in [1.165, 1.54) is 12.1 Å². The Morgan fingerprint density at radius 1 is 1.14 bits per heavy atom. The van der Waals surface area contributed by atoms with Crippen LogP contribution in [-0.4, -0.2) is 14.8 Å². The second-order valence-corrected chi connectivity index (χ2v) is 9.36. The van der Waals surface area contributed by atoms with Crippen molar-refractivity contribution in [3.05, 3.63) is 66.7 Å². The molecule has 0 saturated heterocycles. The Morgan fingerprint density at radius 2 is 1.82 bits per heavy atom. The fourth-order valence-corrected chi connectivity index (χ4v) is 4.54. The molecule has 1 aromatic carbocycles. The fourth-order valence-electron chi connectivity index (χ4n) is 3.11. The molecule has 2 unspecified atom stereocenters. The van der Waals surface area contributed by atoms with Crippen LogP contribution in [0.1, 0.15) is 35.4 Å². The van der Waals surface area contributed by atoms with E-state index in [1.807, 2.05) is 13.8 Å². The largest absolute Gasteiger partial charge is 0.416 e. The zero-order valence-electron chi connectivity index (χ0n) is 15.1. The van der Waals surface area contributed by atoms with Crippen LogP contribution < -0.4 is 11.2 Å². The predicted octanol–water partition coefficient (Wildman–Crippen LogP) is 4.85. The average molecular weight is 475 g/mol. The van der Waals surface area contributed by atoms with Crippen LogP contribution >= 0.6 is 27.3 Å². The highest BCUT2D eigenvalue weighted by Crippen LogP contribution is 2.36. The summed E-state index contributed by atoms with van der Waals surface area (Å²) < 4.78 is 40.2. The molecule has 3 rings (SSSR count). The highest BCUT2D eigenvalue weighted by Gasteiger charge is 2.33. The number of halogens is 4. The summed E-state index contributed by atoms with van der Waals surface area (Å²) >= 11 is 4.68. The molecule has 0 fully saturated rings. The molecule has 3 aromatic rings. The first-order valence-corrected chi connectivity index (χ1v) is 10.4. The maximum absolute atomic E-state index is 13.4. The van der Waals surface area contributed by atoms with E-state index in [0.717, 1.165) is 17.4 Å². The Balaban J connectivity index is 2.17. The molecule has 150 valence electrons. The van der Waals surface area contributed by atoms with Crippen LogP contribution in [0.2, 0.25) is 0 Å². The first kappa shape index (κ1) is 20.9. The third-order valence-corrected chi connectivity index (χ3v) is 6.81. The molecule has 2 aromatic heterocycles. The average Bonchev–Trinajstić information content (AvgIpc) is 2.91. The number of benzene rings is 1. The molecule has 4 nitrogen and oxygen atoms in total. The number of nitrogens with one attached hydrogen (secondary N) is 2. The summed E-state index contributed by atoms with van der Waals surface area (Å²) in [6.45, 7) is 3.97. The third kappa shape index (κ3) is 4.25. The van der Waals surface area contributed by atoms with Crippen LogP contribution in [0.15, 0.2) is 33.9 Å². The van der Waals surface area contributed by atoms with Gasteiger partial charge < -0.3 is 0 Å². The number of fused-ring (bicyclic) bond motifs is 1. The van der Waals surface area contributed by atoms with E-state index in [2.05, 4.69) is 25.9 Å². The normalized spacial score (nSPS) is 14.4. The zero-order valence-corrected chi connectivity index (χ0v) is 17.5. The minimum atomic E-state index is -4.46. The molecule has 0 amide bonds. The quantitative estimate of drug-likeness (QED) is 0.519. The smallest absolute Gasteiger partial charge is 0.298 e. The molecule has 0 aliphatic rings. The number of hydrogen-bond donors (Lipinski definition) is 2. The maximum atomic E-state index is 13.4. The summed E-state index contributed by atoms with van der Waals surface area (Å²) in [5, 5.41) is 0.351. The lowest BCUT2D eigenvalue weighted by Gasteiger charge is -2.16. The maximum Gasteiger partial charge on any atom is 0.416 e. The molecular formula is C19H18BrF3N2O2S. The number of rotatable bonds is 5. The highest BCUT2D eigenvalue weighted by atomic mass is 79.9. The summed E-state index contributed by atoms with van der Waals surface area (Å²) in [4.78, 5) is 30.0. The number of aromatic amines is 2. The standard InChI is InChI=1S/C19H18BrF3N2O2S/c1-9(10(2)20)7-12-14(28-17-15(12)16(26)24-18(27)25-17)8-11-5-3-4-6-13(11)19(21,22)23/h3-6,9-10H,7-8H2,1-2H3,(H2,24,25,26,27). The molecule has 2 heterocycles. The molecular weight excluding hydrogens is 457 g/mol. The first-order valence-electron chi connectivity index (χ1n) is 8.64. The van der Waals surface area contributed by atoms with Crippen LogP contribution in [0.4, 0.5) is 13.2 Å².